The van der Waals surface area contributed by atoms with Crippen molar-refractivity contribution in [2.75, 3.05) is 19.0 Å². The third-order valence-electron chi connectivity index (χ3n) is 5.29. The van der Waals surface area contributed by atoms with Crippen molar-refractivity contribution >= 4 is 32.8 Å². The van der Waals surface area contributed by atoms with E-state index in [0.29, 0.717) is 23.8 Å². The second-order valence-corrected chi connectivity index (χ2v) is 10.3. The lowest BCUT2D eigenvalue weighted by Gasteiger charge is -2.24. The molecule has 166 valence electrons. The van der Waals surface area contributed by atoms with Crippen LogP contribution in [-0.2, 0) is 14.6 Å². The Bertz CT molecular complexity index is 1290. The number of rotatable bonds is 7. The van der Waals surface area contributed by atoms with Crippen LogP contribution in [-0.4, -0.2) is 28.0 Å². The number of sulfone groups is 1. The molecule has 1 aromatic heterocycles. The van der Waals surface area contributed by atoms with Crippen LogP contribution in [0, 0.1) is 6.92 Å². The number of anilines is 1. The fourth-order valence-corrected chi connectivity index (χ4v) is 6.76. The van der Waals surface area contributed by atoms with E-state index in [0.717, 1.165) is 16.0 Å². The summed E-state index contributed by atoms with van der Waals surface area (Å²) in [5, 5.41) is 4.40. The van der Waals surface area contributed by atoms with Gasteiger partial charge in [-0.05, 0) is 42.3 Å². The normalized spacial score (nSPS) is 15.6. The van der Waals surface area contributed by atoms with Crippen LogP contribution < -0.4 is 14.8 Å². The molecule has 8 heteroatoms. The number of nitrogens with one attached hydrogen (secondary N) is 1. The Morgan fingerprint density at radius 2 is 2.03 bits per heavy atom. The first-order chi connectivity index (χ1) is 15.3. The molecule has 1 atom stereocenters. The number of fused-ring (bicyclic) bond motifs is 1. The van der Waals surface area contributed by atoms with Gasteiger partial charge in [-0.2, -0.15) is 0 Å². The molecule has 0 radical (unpaired) electrons. The zero-order chi connectivity index (χ0) is 22.9. The summed E-state index contributed by atoms with van der Waals surface area (Å²) >= 11 is 1.34. The monoisotopic (exact) mass is 469 g/mol. The van der Waals surface area contributed by atoms with Crippen LogP contribution in [0.1, 0.15) is 28.3 Å². The smallest absolute Gasteiger partial charge is 0.225 e. The first-order valence-electron chi connectivity index (χ1n) is 9.99. The average molecular weight is 470 g/mol. The van der Waals surface area contributed by atoms with Gasteiger partial charge in [-0.3, -0.25) is 4.79 Å². The van der Waals surface area contributed by atoms with Crippen molar-refractivity contribution in [3.05, 3.63) is 76.5 Å². The molecule has 1 aliphatic rings. The van der Waals surface area contributed by atoms with Gasteiger partial charge in [0.1, 0.15) is 11.5 Å². The van der Waals surface area contributed by atoms with Gasteiger partial charge in [0.2, 0.25) is 15.7 Å². The summed E-state index contributed by atoms with van der Waals surface area (Å²) in [6.07, 6.45) is 1.86. The van der Waals surface area contributed by atoms with E-state index in [1.54, 1.807) is 42.8 Å². The minimum atomic E-state index is -3.78. The maximum Gasteiger partial charge on any atom is 0.225 e. The van der Waals surface area contributed by atoms with E-state index in [-0.39, 0.29) is 28.0 Å². The molecular formula is C24H23NO5S2. The third-order valence-corrected chi connectivity index (χ3v) is 8.31. The van der Waals surface area contributed by atoms with Crippen LogP contribution in [0.4, 0.5) is 5.69 Å². The lowest BCUT2D eigenvalue weighted by Crippen LogP contribution is -2.23. The van der Waals surface area contributed by atoms with E-state index in [9.17, 15) is 13.2 Å². The lowest BCUT2D eigenvalue weighted by atomic mass is 9.90. The summed E-state index contributed by atoms with van der Waals surface area (Å²) in [5.41, 5.74) is 2.07. The van der Waals surface area contributed by atoms with E-state index in [1.165, 1.54) is 11.3 Å². The largest absolute Gasteiger partial charge is 0.493 e. The molecule has 6 nitrogen and oxygen atoms in total. The van der Waals surface area contributed by atoms with Crippen molar-refractivity contribution in [3.8, 4) is 11.5 Å². The van der Waals surface area contributed by atoms with Crippen LogP contribution >= 0.6 is 11.3 Å². The molecule has 0 saturated carbocycles. The van der Waals surface area contributed by atoms with E-state index in [4.69, 9.17) is 9.47 Å². The summed E-state index contributed by atoms with van der Waals surface area (Å²) in [6.45, 7) is 5.83. The average Bonchev–Trinajstić information content (AvgIpc) is 3.21. The van der Waals surface area contributed by atoms with Gasteiger partial charge in [0.05, 0.1) is 17.7 Å². The van der Waals surface area contributed by atoms with Gasteiger partial charge in [-0.1, -0.05) is 30.9 Å². The summed E-state index contributed by atoms with van der Waals surface area (Å²) in [5.74, 6) is 0.603. The predicted octanol–water partition coefficient (Wildman–Crippen LogP) is 4.94. The number of carbonyl (C=O) groups excluding carboxylic acids is 1. The highest BCUT2D eigenvalue weighted by molar-refractivity contribution is 7.91. The molecule has 1 amide bonds. The van der Waals surface area contributed by atoms with Gasteiger partial charge in [-0.15, -0.1) is 11.3 Å². The number of amides is 1. The fourth-order valence-electron chi connectivity index (χ4n) is 3.75. The molecule has 2 heterocycles. The SMILES string of the molecule is C=CCOc1ccc([C@H]2CC(=O)Nc3c(S(=O)(=O)c4cccc(C)c4)csc32)cc1OC. The van der Waals surface area contributed by atoms with Gasteiger partial charge in [0.25, 0.3) is 0 Å². The fraction of sp³-hybridized carbons (Fsp3) is 0.208. The van der Waals surface area contributed by atoms with Crippen LogP contribution in [0.3, 0.4) is 0 Å². The molecule has 1 aliphatic heterocycles. The number of ether oxygens (including phenoxy) is 2. The quantitative estimate of drug-likeness (QED) is 0.496. The lowest BCUT2D eigenvalue weighted by molar-refractivity contribution is -0.116. The van der Waals surface area contributed by atoms with Gasteiger partial charge in [0, 0.05) is 22.6 Å². The Balaban J connectivity index is 1.77. The summed E-state index contributed by atoms with van der Waals surface area (Å²) in [7, 11) is -2.22. The number of aryl methyl sites for hydroxylation is 1. The highest BCUT2D eigenvalue weighted by atomic mass is 32.2. The summed E-state index contributed by atoms with van der Waals surface area (Å²) in [6, 6.07) is 12.3. The number of methoxy groups -OCH3 is 1. The molecule has 1 N–H and O–H groups in total. The maximum atomic E-state index is 13.3. The number of thiophene rings is 1. The maximum absolute atomic E-state index is 13.3. The molecule has 0 saturated heterocycles. The van der Waals surface area contributed by atoms with Gasteiger partial charge in [-0.25, -0.2) is 8.42 Å². The Morgan fingerprint density at radius 1 is 1.22 bits per heavy atom. The minimum Gasteiger partial charge on any atom is -0.493 e. The standard InChI is InChI=1S/C24H23NO5S2/c1-4-10-30-19-9-8-16(12-20(19)29-3)18-13-22(26)25-23-21(14-31-24(18)23)32(27,28)17-7-5-6-15(2)11-17/h4-9,11-12,14,18H,1,10,13H2,2-3H3,(H,25,26)/t18-/m1/s1. The molecular weight excluding hydrogens is 446 g/mol. The number of hydrogen-bond acceptors (Lipinski definition) is 6. The Morgan fingerprint density at radius 3 is 2.75 bits per heavy atom. The molecule has 0 unspecified atom stereocenters. The zero-order valence-electron chi connectivity index (χ0n) is 17.8. The highest BCUT2D eigenvalue weighted by Gasteiger charge is 2.34. The molecule has 0 fully saturated rings. The minimum absolute atomic E-state index is 0.124. The number of benzene rings is 2. The van der Waals surface area contributed by atoms with Crippen molar-refractivity contribution in [3.63, 3.8) is 0 Å². The molecule has 3 aromatic rings. The van der Waals surface area contributed by atoms with Crippen LogP contribution in [0.2, 0.25) is 0 Å². The first kappa shape index (κ1) is 22.1. The number of hydrogen-bond donors (Lipinski definition) is 1. The second-order valence-electron chi connectivity index (χ2n) is 7.47. The van der Waals surface area contributed by atoms with Crippen molar-refractivity contribution in [2.24, 2.45) is 0 Å². The zero-order valence-corrected chi connectivity index (χ0v) is 19.4. The Kier molecular flexibility index (Phi) is 6.08. The second kappa shape index (κ2) is 8.80. The van der Waals surface area contributed by atoms with Crippen molar-refractivity contribution < 1.29 is 22.7 Å². The van der Waals surface area contributed by atoms with Crippen molar-refractivity contribution in [2.45, 2.75) is 29.1 Å². The third kappa shape index (κ3) is 4.03. The van der Waals surface area contributed by atoms with Gasteiger partial charge >= 0.3 is 0 Å². The molecule has 0 spiro atoms. The molecule has 0 bridgehead atoms. The van der Waals surface area contributed by atoms with Crippen LogP contribution in [0.25, 0.3) is 0 Å². The summed E-state index contributed by atoms with van der Waals surface area (Å²) < 4.78 is 37.7. The highest BCUT2D eigenvalue weighted by Crippen LogP contribution is 2.47. The van der Waals surface area contributed by atoms with Crippen LogP contribution in [0.15, 0.2) is 70.3 Å². The van der Waals surface area contributed by atoms with Crippen LogP contribution in [0.5, 0.6) is 11.5 Å². The molecule has 4 rings (SSSR count). The predicted molar refractivity (Wildman–Crippen MR) is 125 cm³/mol. The van der Waals surface area contributed by atoms with E-state index < -0.39 is 9.84 Å². The van der Waals surface area contributed by atoms with Crippen molar-refractivity contribution in [1.29, 1.82) is 0 Å². The van der Waals surface area contributed by atoms with Crippen molar-refractivity contribution in [1.82, 2.24) is 0 Å². The Labute approximate surface area is 191 Å². The topological polar surface area (TPSA) is 81.7 Å². The van der Waals surface area contributed by atoms with Gasteiger partial charge in [0.15, 0.2) is 11.5 Å². The van der Waals surface area contributed by atoms with E-state index >= 15 is 0 Å². The first-order valence-corrected chi connectivity index (χ1v) is 12.4. The molecule has 32 heavy (non-hydrogen) atoms. The van der Waals surface area contributed by atoms with E-state index in [1.807, 2.05) is 25.1 Å². The molecule has 0 aliphatic carbocycles. The van der Waals surface area contributed by atoms with Gasteiger partial charge < -0.3 is 14.8 Å². The molecule has 2 aromatic carbocycles. The van der Waals surface area contributed by atoms with E-state index in [2.05, 4.69) is 11.9 Å². The Hall–Kier alpha value is -3.10. The summed E-state index contributed by atoms with van der Waals surface area (Å²) in [4.78, 5) is 13.7. The number of carbonyl (C=O) groups is 1.